The van der Waals surface area contributed by atoms with Gasteiger partial charge >= 0.3 is 6.09 Å². The Balaban J connectivity index is 3.31. The molecule has 0 aliphatic carbocycles. The molecule has 5 heteroatoms. The van der Waals surface area contributed by atoms with E-state index in [4.69, 9.17) is 5.26 Å². The summed E-state index contributed by atoms with van der Waals surface area (Å²) in [6.45, 7) is 5.40. The van der Waals surface area contributed by atoms with Crippen LogP contribution in [0.4, 0.5) is 10.5 Å². The van der Waals surface area contributed by atoms with Crippen molar-refractivity contribution in [3.63, 3.8) is 0 Å². The number of nitriles is 1. The van der Waals surface area contributed by atoms with Crippen LogP contribution in [0.5, 0.6) is 0 Å². The number of hydrogen-bond donors (Lipinski definition) is 1. The highest BCUT2D eigenvalue weighted by molar-refractivity contribution is 9.10. The molecule has 1 amide bonds. The Morgan fingerprint density at radius 1 is 1.47 bits per heavy atom. The lowest BCUT2D eigenvalue weighted by Gasteiger charge is -2.33. The second kappa shape index (κ2) is 4.76. The van der Waals surface area contributed by atoms with Crippen LogP contribution in [0.2, 0.25) is 0 Å². The fraction of sp³-hybridized carbons (Fsp3) is 0.333. The number of amides is 1. The van der Waals surface area contributed by atoms with Gasteiger partial charge in [-0.1, -0.05) is 0 Å². The van der Waals surface area contributed by atoms with E-state index in [0.29, 0.717) is 15.7 Å². The van der Waals surface area contributed by atoms with Gasteiger partial charge in [-0.15, -0.1) is 0 Å². The minimum atomic E-state index is -1.04. The Kier molecular flexibility index (Phi) is 3.79. The number of rotatable bonds is 1. The minimum absolute atomic E-state index is 0.415. The van der Waals surface area contributed by atoms with Gasteiger partial charge in [-0.3, -0.25) is 4.90 Å². The van der Waals surface area contributed by atoms with Crippen molar-refractivity contribution in [3.8, 4) is 6.07 Å². The maximum Gasteiger partial charge on any atom is 0.412 e. The van der Waals surface area contributed by atoms with Crippen LogP contribution in [0.25, 0.3) is 0 Å². The molecule has 0 saturated heterocycles. The van der Waals surface area contributed by atoms with Crippen LogP contribution < -0.4 is 4.90 Å². The van der Waals surface area contributed by atoms with E-state index in [-0.39, 0.29) is 0 Å². The molecule has 1 N–H and O–H groups in total. The van der Waals surface area contributed by atoms with E-state index in [1.807, 2.05) is 6.07 Å². The number of anilines is 1. The number of benzene rings is 1. The van der Waals surface area contributed by atoms with Gasteiger partial charge in [-0.05, 0) is 54.9 Å². The summed E-state index contributed by atoms with van der Waals surface area (Å²) in [6.07, 6.45) is -1.04. The van der Waals surface area contributed by atoms with E-state index in [0.717, 1.165) is 0 Å². The van der Waals surface area contributed by atoms with Crippen molar-refractivity contribution in [3.05, 3.63) is 28.2 Å². The van der Waals surface area contributed by atoms with E-state index >= 15 is 0 Å². The van der Waals surface area contributed by atoms with Gasteiger partial charge in [-0.2, -0.15) is 5.26 Å². The maximum atomic E-state index is 11.3. The first-order valence-electron chi connectivity index (χ1n) is 5.00. The molecule has 0 aliphatic heterocycles. The molecule has 90 valence electrons. The zero-order valence-electron chi connectivity index (χ0n) is 9.86. The molecule has 1 aromatic rings. The largest absolute Gasteiger partial charge is 0.465 e. The monoisotopic (exact) mass is 296 g/mol. The molecule has 4 nitrogen and oxygen atoms in total. The van der Waals surface area contributed by atoms with Crippen LogP contribution >= 0.6 is 15.9 Å². The fourth-order valence-corrected chi connectivity index (χ4v) is 1.86. The third-order valence-corrected chi connectivity index (χ3v) is 2.88. The molecule has 0 radical (unpaired) electrons. The van der Waals surface area contributed by atoms with Gasteiger partial charge in [0.2, 0.25) is 0 Å². The van der Waals surface area contributed by atoms with Gasteiger partial charge < -0.3 is 5.11 Å². The molecule has 0 fully saturated rings. The van der Waals surface area contributed by atoms with Gasteiger partial charge in [0.25, 0.3) is 0 Å². The number of carboxylic acid groups (broad SMARTS) is 1. The van der Waals surface area contributed by atoms with Crippen molar-refractivity contribution in [1.29, 1.82) is 5.26 Å². The van der Waals surface area contributed by atoms with Gasteiger partial charge in [0.05, 0.1) is 5.56 Å². The topological polar surface area (TPSA) is 64.3 Å². The summed E-state index contributed by atoms with van der Waals surface area (Å²) < 4.78 is 0.656. The predicted octanol–water partition coefficient (Wildman–Crippen LogP) is 3.60. The third kappa shape index (κ3) is 2.98. The lowest BCUT2D eigenvalue weighted by atomic mass is 10.0. The van der Waals surface area contributed by atoms with Crippen molar-refractivity contribution in [2.75, 3.05) is 4.90 Å². The molecule has 0 atom stereocenters. The van der Waals surface area contributed by atoms with Crippen LogP contribution in [-0.4, -0.2) is 16.7 Å². The van der Waals surface area contributed by atoms with E-state index in [1.165, 1.54) is 4.90 Å². The average Bonchev–Trinajstić information content (AvgIpc) is 2.18. The maximum absolute atomic E-state index is 11.3. The molecular weight excluding hydrogens is 284 g/mol. The molecule has 0 bridgehead atoms. The van der Waals surface area contributed by atoms with Crippen LogP contribution in [-0.2, 0) is 0 Å². The predicted molar refractivity (Wildman–Crippen MR) is 69.1 cm³/mol. The Bertz CT molecular complexity index is 486. The number of hydrogen-bond acceptors (Lipinski definition) is 2. The Hall–Kier alpha value is -1.54. The summed E-state index contributed by atoms with van der Waals surface area (Å²) >= 11 is 3.24. The molecule has 0 unspecified atom stereocenters. The highest BCUT2D eigenvalue weighted by Crippen LogP contribution is 2.28. The first-order valence-corrected chi connectivity index (χ1v) is 5.79. The van der Waals surface area contributed by atoms with Crippen LogP contribution in [0.15, 0.2) is 22.7 Å². The molecule has 0 aliphatic rings. The number of carbonyl (C=O) groups is 1. The van der Waals surface area contributed by atoms with E-state index in [2.05, 4.69) is 15.9 Å². The lowest BCUT2D eigenvalue weighted by Crippen LogP contribution is -2.45. The smallest absolute Gasteiger partial charge is 0.412 e. The molecular formula is C12H13BrN2O2. The molecule has 0 spiro atoms. The second-order valence-electron chi connectivity index (χ2n) is 4.56. The molecule has 17 heavy (non-hydrogen) atoms. The zero-order valence-corrected chi connectivity index (χ0v) is 11.4. The highest BCUT2D eigenvalue weighted by atomic mass is 79.9. The standard InChI is InChI=1S/C12H13BrN2O2/c1-12(2,3)15(11(16)17)9-4-5-10(13)8(6-9)7-14/h4-6H,1-3H3,(H,16,17). The van der Waals surface area contributed by atoms with Gasteiger partial charge in [0, 0.05) is 15.7 Å². The SMILES string of the molecule is CC(C)(C)N(C(=O)O)c1ccc(Br)c(C#N)c1. The Labute approximate surface area is 109 Å². The van der Waals surface area contributed by atoms with E-state index in [1.54, 1.807) is 39.0 Å². The van der Waals surface area contributed by atoms with Crippen LogP contribution in [0.3, 0.4) is 0 Å². The molecule has 1 rings (SSSR count). The van der Waals surface area contributed by atoms with Gasteiger partial charge in [0.1, 0.15) is 6.07 Å². The summed E-state index contributed by atoms with van der Waals surface area (Å²) in [5, 5.41) is 18.1. The normalized spacial score (nSPS) is 10.8. The quantitative estimate of drug-likeness (QED) is 0.861. The first-order chi connectivity index (χ1) is 7.77. The van der Waals surface area contributed by atoms with Crippen molar-refractivity contribution in [2.24, 2.45) is 0 Å². The van der Waals surface area contributed by atoms with Crippen molar-refractivity contribution in [2.45, 2.75) is 26.3 Å². The van der Waals surface area contributed by atoms with Gasteiger partial charge in [-0.25, -0.2) is 4.79 Å². The summed E-state index contributed by atoms with van der Waals surface area (Å²) in [6, 6.07) is 6.92. The second-order valence-corrected chi connectivity index (χ2v) is 5.42. The van der Waals surface area contributed by atoms with Gasteiger partial charge in [0.15, 0.2) is 0 Å². The fourth-order valence-electron chi connectivity index (χ4n) is 1.52. The number of halogens is 1. The lowest BCUT2D eigenvalue weighted by molar-refractivity contribution is 0.195. The molecule has 0 aromatic heterocycles. The summed E-state index contributed by atoms with van der Waals surface area (Å²) in [4.78, 5) is 12.5. The first kappa shape index (κ1) is 13.5. The van der Waals surface area contributed by atoms with Crippen molar-refractivity contribution >= 4 is 27.7 Å². The molecule has 0 saturated carbocycles. The summed E-state index contributed by atoms with van der Waals surface area (Å²) in [5.41, 5.74) is 0.342. The highest BCUT2D eigenvalue weighted by Gasteiger charge is 2.28. The summed E-state index contributed by atoms with van der Waals surface area (Å²) in [7, 11) is 0. The van der Waals surface area contributed by atoms with Crippen LogP contribution in [0, 0.1) is 11.3 Å². The Morgan fingerprint density at radius 3 is 2.47 bits per heavy atom. The third-order valence-electron chi connectivity index (χ3n) is 2.19. The number of nitrogens with zero attached hydrogens (tertiary/aromatic N) is 2. The van der Waals surface area contributed by atoms with E-state index < -0.39 is 11.6 Å². The van der Waals surface area contributed by atoms with Crippen molar-refractivity contribution in [1.82, 2.24) is 0 Å². The van der Waals surface area contributed by atoms with Crippen LogP contribution in [0.1, 0.15) is 26.3 Å². The van der Waals surface area contributed by atoms with E-state index in [9.17, 15) is 9.90 Å². The average molecular weight is 297 g/mol. The summed E-state index contributed by atoms with van der Waals surface area (Å²) in [5.74, 6) is 0. The molecule has 0 heterocycles. The zero-order chi connectivity index (χ0) is 13.2. The minimum Gasteiger partial charge on any atom is -0.465 e. The molecule has 1 aromatic carbocycles. The van der Waals surface area contributed by atoms with Crippen molar-refractivity contribution < 1.29 is 9.90 Å². The Morgan fingerprint density at radius 2 is 2.06 bits per heavy atom.